The lowest BCUT2D eigenvalue weighted by atomic mass is 10.3. The molecule has 1 atom stereocenters. The van der Waals surface area contributed by atoms with Crippen LogP contribution in [0.3, 0.4) is 0 Å². The Morgan fingerprint density at radius 3 is 2.65 bits per heavy atom. The largest absolute Gasteiger partial charge is 0.505 e. The van der Waals surface area contributed by atoms with Crippen molar-refractivity contribution in [3.8, 4) is 5.75 Å². The SMILES string of the molecule is O=C(O)[C@H]1CSCN1S(=O)(=O)c1cc(Cl)cc(Cl)c1O. The number of hydrogen-bond donors (Lipinski definition) is 2. The number of carboxylic acid groups (broad SMARTS) is 1. The number of phenols is 1. The molecular weight excluding hydrogens is 349 g/mol. The number of thioether (sulfide) groups is 1. The zero-order valence-corrected chi connectivity index (χ0v) is 12.9. The van der Waals surface area contributed by atoms with Crippen molar-refractivity contribution in [3.63, 3.8) is 0 Å². The van der Waals surface area contributed by atoms with E-state index in [1.807, 2.05) is 0 Å². The van der Waals surface area contributed by atoms with Gasteiger partial charge in [-0.15, -0.1) is 11.8 Å². The summed E-state index contributed by atoms with van der Waals surface area (Å²) in [5.41, 5.74) is 0. The van der Waals surface area contributed by atoms with Gasteiger partial charge in [0.05, 0.1) is 10.9 Å². The van der Waals surface area contributed by atoms with Gasteiger partial charge in [-0.3, -0.25) is 4.79 Å². The average molecular weight is 358 g/mol. The smallest absolute Gasteiger partial charge is 0.322 e. The molecule has 0 unspecified atom stereocenters. The molecule has 2 N–H and O–H groups in total. The maximum atomic E-state index is 12.4. The molecule has 2 rings (SSSR count). The third kappa shape index (κ3) is 2.71. The van der Waals surface area contributed by atoms with Crippen LogP contribution in [-0.4, -0.2) is 46.6 Å². The third-order valence-corrected chi connectivity index (χ3v) is 6.26. The summed E-state index contributed by atoms with van der Waals surface area (Å²) < 4.78 is 25.7. The summed E-state index contributed by atoms with van der Waals surface area (Å²) >= 11 is 12.6. The quantitative estimate of drug-likeness (QED) is 0.856. The number of nitrogens with zero attached hydrogens (tertiary/aromatic N) is 1. The minimum absolute atomic E-state index is 0.0110. The van der Waals surface area contributed by atoms with Crippen molar-refractivity contribution in [3.05, 3.63) is 22.2 Å². The molecule has 1 heterocycles. The van der Waals surface area contributed by atoms with E-state index in [0.29, 0.717) is 0 Å². The van der Waals surface area contributed by atoms with Gasteiger partial charge in [-0.05, 0) is 12.1 Å². The summed E-state index contributed by atoms with van der Waals surface area (Å²) in [6.07, 6.45) is 0. The maximum absolute atomic E-state index is 12.4. The summed E-state index contributed by atoms with van der Waals surface area (Å²) in [4.78, 5) is 10.6. The lowest BCUT2D eigenvalue weighted by Crippen LogP contribution is -2.41. The van der Waals surface area contributed by atoms with Gasteiger partial charge in [0.1, 0.15) is 10.9 Å². The normalized spacial score (nSPS) is 20.2. The second-order valence-corrected chi connectivity index (χ2v) is 7.68. The van der Waals surface area contributed by atoms with Crippen LogP contribution in [0.15, 0.2) is 17.0 Å². The number of carboxylic acids is 1. The predicted molar refractivity (Wildman–Crippen MR) is 75.9 cm³/mol. The molecule has 110 valence electrons. The van der Waals surface area contributed by atoms with Crippen LogP contribution < -0.4 is 0 Å². The van der Waals surface area contributed by atoms with Gasteiger partial charge in [-0.25, -0.2) is 8.42 Å². The molecule has 0 spiro atoms. The Hall–Kier alpha value is -0.670. The van der Waals surface area contributed by atoms with E-state index in [0.717, 1.165) is 10.4 Å². The molecule has 0 aliphatic carbocycles. The number of phenolic OH excluding ortho intramolecular Hbond substituents is 1. The highest BCUT2D eigenvalue weighted by molar-refractivity contribution is 8.00. The Labute approximate surface area is 129 Å². The molecule has 1 saturated heterocycles. The van der Waals surface area contributed by atoms with Gasteiger partial charge in [0, 0.05) is 10.8 Å². The Balaban J connectivity index is 2.53. The van der Waals surface area contributed by atoms with E-state index < -0.39 is 32.7 Å². The number of carbonyl (C=O) groups is 1. The number of rotatable bonds is 3. The fraction of sp³-hybridized carbons (Fsp3) is 0.300. The first kappa shape index (κ1) is 15.7. The van der Waals surface area contributed by atoms with Crippen molar-refractivity contribution < 1.29 is 23.4 Å². The molecule has 1 aliphatic rings. The van der Waals surface area contributed by atoms with Crippen LogP contribution in [0.25, 0.3) is 0 Å². The molecule has 0 aromatic heterocycles. The number of hydrogen-bond acceptors (Lipinski definition) is 5. The highest BCUT2D eigenvalue weighted by Gasteiger charge is 2.41. The summed E-state index contributed by atoms with van der Waals surface area (Å²) in [5, 5.41) is 18.6. The molecule has 1 aliphatic heterocycles. The van der Waals surface area contributed by atoms with Crippen molar-refractivity contribution in [2.75, 3.05) is 11.6 Å². The summed E-state index contributed by atoms with van der Waals surface area (Å²) in [6.45, 7) is 0. The van der Waals surface area contributed by atoms with Gasteiger partial charge < -0.3 is 10.2 Å². The van der Waals surface area contributed by atoms with Crippen LogP contribution in [0, 0.1) is 0 Å². The first-order chi connectivity index (χ1) is 9.25. The van der Waals surface area contributed by atoms with Crippen LogP contribution in [0.1, 0.15) is 0 Å². The molecule has 0 bridgehead atoms. The monoisotopic (exact) mass is 357 g/mol. The van der Waals surface area contributed by atoms with Gasteiger partial charge >= 0.3 is 5.97 Å². The topological polar surface area (TPSA) is 94.9 Å². The Morgan fingerprint density at radius 2 is 2.05 bits per heavy atom. The molecule has 10 heteroatoms. The van der Waals surface area contributed by atoms with Crippen LogP contribution in [0.2, 0.25) is 10.0 Å². The fourth-order valence-corrected chi connectivity index (χ4v) is 5.60. The number of benzene rings is 1. The molecule has 0 radical (unpaired) electrons. The molecule has 0 amide bonds. The molecule has 6 nitrogen and oxygen atoms in total. The molecule has 1 aromatic rings. The van der Waals surface area contributed by atoms with Gasteiger partial charge in [0.2, 0.25) is 10.0 Å². The minimum Gasteiger partial charge on any atom is -0.505 e. The molecule has 0 saturated carbocycles. The first-order valence-electron chi connectivity index (χ1n) is 5.25. The van der Waals surface area contributed by atoms with Crippen molar-refractivity contribution >= 4 is 51.0 Å². The van der Waals surface area contributed by atoms with E-state index in [1.54, 1.807) is 0 Å². The standard InChI is InChI=1S/C10H9Cl2NO5S2/c11-5-1-6(12)9(14)8(2-5)20(17,18)13-4-19-3-7(13)10(15)16/h1-2,7,14H,3-4H2,(H,15,16)/t7-/m1/s1. The van der Waals surface area contributed by atoms with Crippen molar-refractivity contribution in [1.82, 2.24) is 4.31 Å². The van der Waals surface area contributed by atoms with Crippen molar-refractivity contribution in [2.45, 2.75) is 10.9 Å². The van der Waals surface area contributed by atoms with Gasteiger partial charge in [-0.1, -0.05) is 23.2 Å². The average Bonchev–Trinajstić information content (AvgIpc) is 2.83. The number of aliphatic carboxylic acids is 1. The van der Waals surface area contributed by atoms with Crippen molar-refractivity contribution in [1.29, 1.82) is 0 Å². The second kappa shape index (κ2) is 5.61. The van der Waals surface area contributed by atoms with Gasteiger partial charge in [-0.2, -0.15) is 4.31 Å². The summed E-state index contributed by atoms with van der Waals surface area (Å²) in [5.74, 6) is -1.75. The first-order valence-corrected chi connectivity index (χ1v) is 8.60. The summed E-state index contributed by atoms with van der Waals surface area (Å²) in [7, 11) is -4.20. The highest BCUT2D eigenvalue weighted by Crippen LogP contribution is 2.38. The molecule has 1 fully saturated rings. The number of sulfonamides is 1. The lowest BCUT2D eigenvalue weighted by molar-refractivity contribution is -0.140. The molecular formula is C10H9Cl2NO5S2. The number of aromatic hydroxyl groups is 1. The third-order valence-electron chi connectivity index (χ3n) is 2.71. The summed E-state index contributed by atoms with van der Waals surface area (Å²) in [6, 6.07) is 1.06. The van der Waals surface area contributed by atoms with Crippen molar-refractivity contribution in [2.24, 2.45) is 0 Å². The van der Waals surface area contributed by atoms with E-state index in [9.17, 15) is 18.3 Å². The lowest BCUT2D eigenvalue weighted by Gasteiger charge is -2.21. The van der Waals surface area contributed by atoms with Crippen LogP contribution in [0.5, 0.6) is 5.75 Å². The van der Waals surface area contributed by atoms with E-state index in [-0.39, 0.29) is 21.7 Å². The maximum Gasteiger partial charge on any atom is 0.322 e. The Kier molecular flexibility index (Phi) is 4.41. The van der Waals surface area contributed by atoms with Gasteiger partial charge in [0.25, 0.3) is 0 Å². The van der Waals surface area contributed by atoms with Crippen LogP contribution in [-0.2, 0) is 14.8 Å². The Morgan fingerprint density at radius 1 is 1.40 bits per heavy atom. The van der Waals surface area contributed by atoms with Gasteiger partial charge in [0.15, 0.2) is 5.75 Å². The number of halogens is 2. The van der Waals surface area contributed by atoms with E-state index in [4.69, 9.17) is 28.3 Å². The molecule has 20 heavy (non-hydrogen) atoms. The predicted octanol–water partition coefficient (Wildman–Crippen LogP) is 1.85. The zero-order chi connectivity index (χ0) is 15.1. The fourth-order valence-electron chi connectivity index (χ4n) is 1.72. The zero-order valence-electron chi connectivity index (χ0n) is 9.79. The van der Waals surface area contributed by atoms with E-state index >= 15 is 0 Å². The highest BCUT2D eigenvalue weighted by atomic mass is 35.5. The minimum atomic E-state index is -4.20. The second-order valence-electron chi connectivity index (χ2n) is 3.98. The Bertz CT molecular complexity index is 664. The molecule has 1 aromatic carbocycles. The van der Waals surface area contributed by atoms with E-state index in [1.165, 1.54) is 17.8 Å². The van der Waals surface area contributed by atoms with Crippen LogP contribution in [0.4, 0.5) is 0 Å². The van der Waals surface area contributed by atoms with Crippen LogP contribution >= 0.6 is 35.0 Å². The van der Waals surface area contributed by atoms with E-state index in [2.05, 4.69) is 0 Å².